The molecule has 0 saturated carbocycles. The van der Waals surface area contributed by atoms with Crippen LogP contribution in [0, 0.1) is 0 Å². The Kier molecular flexibility index (Phi) is 14.5. The van der Waals surface area contributed by atoms with E-state index >= 15 is 0 Å². The molecule has 0 aromatic rings. The van der Waals surface area contributed by atoms with Gasteiger partial charge in [0.1, 0.15) is 0 Å². The first kappa shape index (κ1) is 21.9. The van der Waals surface area contributed by atoms with E-state index in [0.717, 1.165) is 13.1 Å². The molecule has 0 aromatic heterocycles. The van der Waals surface area contributed by atoms with Gasteiger partial charge in [-0.25, -0.2) is 0 Å². The van der Waals surface area contributed by atoms with E-state index in [0.29, 0.717) is 6.04 Å². The van der Waals surface area contributed by atoms with Gasteiger partial charge in [0.05, 0.1) is 0 Å². The highest BCUT2D eigenvalue weighted by Crippen LogP contribution is 2.24. The van der Waals surface area contributed by atoms with Gasteiger partial charge in [-0.1, -0.05) is 73.1 Å². The van der Waals surface area contributed by atoms with Crippen LogP contribution in [0.3, 0.4) is 0 Å². The Hall–Kier alpha value is -0.0800. The third-order valence-corrected chi connectivity index (χ3v) is 5.14. The molecule has 0 aliphatic rings. The first-order valence-corrected chi connectivity index (χ1v) is 10.2. The fourth-order valence-electron chi connectivity index (χ4n) is 3.51. The molecule has 0 spiro atoms. The van der Waals surface area contributed by atoms with E-state index in [1.807, 2.05) is 0 Å². The minimum Gasteiger partial charge on any atom is -0.312 e. The van der Waals surface area contributed by atoms with E-state index in [9.17, 15) is 0 Å². The van der Waals surface area contributed by atoms with Gasteiger partial charge in [0.25, 0.3) is 0 Å². The summed E-state index contributed by atoms with van der Waals surface area (Å²) < 4.78 is 0. The molecule has 1 unspecified atom stereocenters. The molecule has 0 aliphatic heterocycles. The van der Waals surface area contributed by atoms with E-state index in [-0.39, 0.29) is 5.54 Å². The second-order valence-corrected chi connectivity index (χ2v) is 6.85. The highest BCUT2D eigenvalue weighted by atomic mass is 15.1. The molecular weight excluding hydrogens is 268 g/mol. The summed E-state index contributed by atoms with van der Waals surface area (Å²) in [6, 6.07) is 0.625. The number of nitrogens with one attached hydrogen (secondary N) is 2. The van der Waals surface area contributed by atoms with Crippen molar-refractivity contribution in [2.75, 3.05) is 13.1 Å². The predicted octanol–water partition coefficient (Wildman–Crippen LogP) is 5.66. The van der Waals surface area contributed by atoms with Crippen molar-refractivity contribution < 1.29 is 0 Å². The maximum absolute atomic E-state index is 3.89. The van der Waals surface area contributed by atoms with Gasteiger partial charge in [0, 0.05) is 11.6 Å². The molecule has 134 valence electrons. The van der Waals surface area contributed by atoms with Crippen molar-refractivity contribution in [2.24, 2.45) is 0 Å². The lowest BCUT2D eigenvalue weighted by atomic mass is 9.81. The second-order valence-electron chi connectivity index (χ2n) is 6.85. The van der Waals surface area contributed by atoms with Crippen molar-refractivity contribution >= 4 is 0 Å². The lowest BCUT2D eigenvalue weighted by molar-refractivity contribution is 0.201. The van der Waals surface area contributed by atoms with Gasteiger partial charge >= 0.3 is 0 Å². The Labute approximate surface area is 141 Å². The van der Waals surface area contributed by atoms with Gasteiger partial charge in [0.15, 0.2) is 0 Å². The molecular formula is C20H44N2. The first-order valence-electron chi connectivity index (χ1n) is 10.2. The average molecular weight is 313 g/mol. The normalized spacial score (nSPS) is 13.5. The van der Waals surface area contributed by atoms with Crippen LogP contribution in [-0.4, -0.2) is 24.7 Å². The van der Waals surface area contributed by atoms with E-state index in [1.165, 1.54) is 70.6 Å². The molecule has 0 saturated heterocycles. The molecule has 2 heteroatoms. The highest BCUT2D eigenvalue weighted by Gasteiger charge is 2.33. The molecule has 1 atom stereocenters. The molecule has 2 N–H and O–H groups in total. The number of rotatable bonds is 16. The van der Waals surface area contributed by atoms with Crippen LogP contribution in [0.5, 0.6) is 0 Å². The number of hydrogen-bond acceptors (Lipinski definition) is 2. The Morgan fingerprint density at radius 1 is 0.682 bits per heavy atom. The largest absolute Gasteiger partial charge is 0.312 e. The smallest absolute Gasteiger partial charge is 0.0329 e. The van der Waals surface area contributed by atoms with Crippen LogP contribution in [0.25, 0.3) is 0 Å². The third kappa shape index (κ3) is 8.53. The van der Waals surface area contributed by atoms with Gasteiger partial charge in [-0.2, -0.15) is 0 Å². The SMILES string of the molecule is CCCCCCCCC(NCCC)C(CC)(CC)NCCC. The van der Waals surface area contributed by atoms with E-state index in [2.05, 4.69) is 45.3 Å². The summed E-state index contributed by atoms with van der Waals surface area (Å²) in [5, 5.41) is 7.75. The van der Waals surface area contributed by atoms with Crippen LogP contribution in [-0.2, 0) is 0 Å². The molecule has 0 rings (SSSR count). The topological polar surface area (TPSA) is 24.1 Å². The Balaban J connectivity index is 4.47. The summed E-state index contributed by atoms with van der Waals surface area (Å²) in [7, 11) is 0. The molecule has 0 fully saturated rings. The molecule has 22 heavy (non-hydrogen) atoms. The fraction of sp³-hybridized carbons (Fsp3) is 1.00. The monoisotopic (exact) mass is 312 g/mol. The van der Waals surface area contributed by atoms with Crippen molar-refractivity contribution in [3.05, 3.63) is 0 Å². The summed E-state index contributed by atoms with van der Waals surface area (Å²) >= 11 is 0. The van der Waals surface area contributed by atoms with Gasteiger partial charge in [-0.05, 0) is 45.2 Å². The standard InChI is InChI=1S/C20H44N2/c1-6-11-12-13-14-15-16-19(21-17-7-2)20(9-4,10-5)22-18-8-3/h19,21-22H,6-18H2,1-5H3. The van der Waals surface area contributed by atoms with Crippen molar-refractivity contribution in [1.82, 2.24) is 10.6 Å². The van der Waals surface area contributed by atoms with Gasteiger partial charge in [-0.15, -0.1) is 0 Å². The van der Waals surface area contributed by atoms with E-state index < -0.39 is 0 Å². The van der Waals surface area contributed by atoms with Crippen LogP contribution < -0.4 is 10.6 Å². The maximum atomic E-state index is 3.89. The summed E-state index contributed by atoms with van der Waals surface area (Å²) in [6.07, 6.45) is 14.6. The second kappa shape index (κ2) is 14.5. The molecule has 0 radical (unpaired) electrons. The zero-order valence-electron chi connectivity index (χ0n) is 16.3. The molecule has 0 amide bonds. The quantitative estimate of drug-likeness (QED) is 0.359. The van der Waals surface area contributed by atoms with Gasteiger partial charge in [0.2, 0.25) is 0 Å². The fourth-order valence-corrected chi connectivity index (χ4v) is 3.51. The summed E-state index contributed by atoms with van der Waals surface area (Å²) in [4.78, 5) is 0. The summed E-state index contributed by atoms with van der Waals surface area (Å²) in [5.74, 6) is 0. The molecule has 0 bridgehead atoms. The van der Waals surface area contributed by atoms with Crippen molar-refractivity contribution in [1.29, 1.82) is 0 Å². The lowest BCUT2D eigenvalue weighted by Gasteiger charge is -2.41. The zero-order valence-corrected chi connectivity index (χ0v) is 16.3. The average Bonchev–Trinajstić information content (AvgIpc) is 2.55. The maximum Gasteiger partial charge on any atom is 0.0329 e. The molecule has 0 aliphatic carbocycles. The van der Waals surface area contributed by atoms with Gasteiger partial charge < -0.3 is 10.6 Å². The van der Waals surface area contributed by atoms with Crippen LogP contribution in [0.4, 0.5) is 0 Å². The summed E-state index contributed by atoms with van der Waals surface area (Å²) in [5.41, 5.74) is 0.286. The van der Waals surface area contributed by atoms with Crippen LogP contribution >= 0.6 is 0 Å². The number of unbranched alkanes of at least 4 members (excludes halogenated alkanes) is 5. The molecule has 2 nitrogen and oxygen atoms in total. The highest BCUT2D eigenvalue weighted by molar-refractivity contribution is 4.97. The van der Waals surface area contributed by atoms with Crippen molar-refractivity contribution in [3.8, 4) is 0 Å². The summed E-state index contributed by atoms with van der Waals surface area (Å²) in [6.45, 7) is 13.8. The van der Waals surface area contributed by atoms with Crippen LogP contribution in [0.2, 0.25) is 0 Å². The van der Waals surface area contributed by atoms with Crippen molar-refractivity contribution in [3.63, 3.8) is 0 Å². The Morgan fingerprint density at radius 2 is 1.27 bits per heavy atom. The predicted molar refractivity (Wildman–Crippen MR) is 102 cm³/mol. The van der Waals surface area contributed by atoms with Crippen LogP contribution in [0.1, 0.15) is 105 Å². The zero-order chi connectivity index (χ0) is 16.7. The van der Waals surface area contributed by atoms with E-state index in [1.54, 1.807) is 0 Å². The van der Waals surface area contributed by atoms with E-state index in [4.69, 9.17) is 0 Å². The minimum atomic E-state index is 0.286. The van der Waals surface area contributed by atoms with Crippen LogP contribution in [0.15, 0.2) is 0 Å². The molecule has 0 heterocycles. The Bertz CT molecular complexity index is 224. The molecule has 0 aromatic carbocycles. The minimum absolute atomic E-state index is 0.286. The first-order chi connectivity index (χ1) is 10.7. The Morgan fingerprint density at radius 3 is 1.82 bits per heavy atom. The van der Waals surface area contributed by atoms with Gasteiger partial charge in [-0.3, -0.25) is 0 Å². The third-order valence-electron chi connectivity index (χ3n) is 5.14. The number of hydrogen-bond donors (Lipinski definition) is 2. The lowest BCUT2D eigenvalue weighted by Crippen LogP contribution is -2.59. The van der Waals surface area contributed by atoms with Crippen molar-refractivity contribution in [2.45, 2.75) is 117 Å².